The van der Waals surface area contributed by atoms with Gasteiger partial charge in [-0.25, -0.2) is 0 Å². The smallest absolute Gasteiger partial charge is 0.256 e. The second-order valence-corrected chi connectivity index (χ2v) is 6.26. The summed E-state index contributed by atoms with van der Waals surface area (Å²) in [7, 11) is 1.66. The number of para-hydroxylation sites is 2. The highest BCUT2D eigenvalue weighted by atomic mass is 16.5. The van der Waals surface area contributed by atoms with Crippen LogP contribution in [0.4, 0.5) is 5.69 Å². The van der Waals surface area contributed by atoms with Gasteiger partial charge in [0.25, 0.3) is 5.91 Å². The average Bonchev–Trinajstić information content (AvgIpc) is 2.68. The summed E-state index contributed by atoms with van der Waals surface area (Å²) in [5, 5.41) is 13.8. The molecule has 3 rings (SSSR count). The highest BCUT2D eigenvalue weighted by Crippen LogP contribution is 2.26. The van der Waals surface area contributed by atoms with Gasteiger partial charge in [0.1, 0.15) is 5.75 Å². The topological polar surface area (TPSA) is 61.8 Å². The van der Waals surface area contributed by atoms with E-state index in [4.69, 9.17) is 4.74 Å². The number of likely N-dealkylation sites (tertiary alicyclic amines) is 1. The molecule has 1 aliphatic rings. The Balaban J connectivity index is 1.56. The molecule has 2 aromatic rings. The predicted octanol–water partition coefficient (Wildman–Crippen LogP) is 2.83. The number of ether oxygens (including phenoxy) is 1. The number of nitrogens with zero attached hydrogens (tertiary/aromatic N) is 1. The van der Waals surface area contributed by atoms with Crippen molar-refractivity contribution in [1.82, 2.24) is 4.90 Å². The molecule has 1 atom stereocenters. The molecule has 1 unspecified atom stereocenters. The van der Waals surface area contributed by atoms with Crippen LogP contribution in [0.5, 0.6) is 5.75 Å². The van der Waals surface area contributed by atoms with Gasteiger partial charge in [-0.2, -0.15) is 0 Å². The standard InChI is InChI=1S/C20H24N2O3/c1-25-18-10-6-5-9-17(18)21-16-11-13-22(14-12-16)20(24)19(23)15-7-3-2-4-8-15/h2-10,16,19,21,23H,11-14H2,1H3. The van der Waals surface area contributed by atoms with Crippen molar-refractivity contribution in [2.45, 2.75) is 25.0 Å². The first-order valence-corrected chi connectivity index (χ1v) is 8.60. The monoisotopic (exact) mass is 340 g/mol. The first-order valence-electron chi connectivity index (χ1n) is 8.60. The third-order valence-corrected chi connectivity index (χ3v) is 4.62. The number of anilines is 1. The number of hydrogen-bond acceptors (Lipinski definition) is 4. The molecule has 132 valence electrons. The lowest BCUT2D eigenvalue weighted by atomic mass is 10.0. The van der Waals surface area contributed by atoms with Crippen molar-refractivity contribution < 1.29 is 14.6 Å². The van der Waals surface area contributed by atoms with E-state index in [9.17, 15) is 9.90 Å². The number of aliphatic hydroxyl groups is 1. The van der Waals surface area contributed by atoms with E-state index in [0.717, 1.165) is 24.3 Å². The number of hydrogen-bond donors (Lipinski definition) is 2. The Morgan fingerprint density at radius 1 is 1.12 bits per heavy atom. The highest BCUT2D eigenvalue weighted by Gasteiger charge is 2.28. The normalized spacial score (nSPS) is 16.3. The Bertz CT molecular complexity index is 697. The number of nitrogens with one attached hydrogen (secondary N) is 1. The molecule has 1 aliphatic heterocycles. The van der Waals surface area contributed by atoms with E-state index in [1.54, 1.807) is 24.1 Å². The van der Waals surface area contributed by atoms with E-state index in [1.165, 1.54) is 0 Å². The molecule has 1 heterocycles. The van der Waals surface area contributed by atoms with Gasteiger partial charge < -0.3 is 20.1 Å². The Morgan fingerprint density at radius 3 is 2.44 bits per heavy atom. The molecule has 5 nitrogen and oxygen atoms in total. The number of rotatable bonds is 5. The van der Waals surface area contributed by atoms with Crippen LogP contribution in [0.1, 0.15) is 24.5 Å². The van der Waals surface area contributed by atoms with Crippen molar-refractivity contribution in [3.05, 3.63) is 60.2 Å². The Hall–Kier alpha value is -2.53. The van der Waals surface area contributed by atoms with Crippen molar-refractivity contribution in [1.29, 1.82) is 0 Å². The molecule has 25 heavy (non-hydrogen) atoms. The summed E-state index contributed by atoms with van der Waals surface area (Å²) in [6, 6.07) is 17.2. The second-order valence-electron chi connectivity index (χ2n) is 6.26. The lowest BCUT2D eigenvalue weighted by molar-refractivity contribution is -0.141. The molecule has 1 amide bonds. The molecule has 0 spiro atoms. The Labute approximate surface area is 148 Å². The van der Waals surface area contributed by atoms with Crippen LogP contribution in [0.25, 0.3) is 0 Å². The van der Waals surface area contributed by atoms with E-state index in [1.807, 2.05) is 42.5 Å². The number of carbonyl (C=O) groups excluding carboxylic acids is 1. The zero-order valence-electron chi connectivity index (χ0n) is 14.4. The molecule has 0 saturated carbocycles. The van der Waals surface area contributed by atoms with Gasteiger partial charge in [-0.3, -0.25) is 4.79 Å². The van der Waals surface area contributed by atoms with Crippen LogP contribution in [0.15, 0.2) is 54.6 Å². The summed E-state index contributed by atoms with van der Waals surface area (Å²) in [6.07, 6.45) is 0.594. The number of amides is 1. The molecule has 1 fully saturated rings. The molecule has 0 radical (unpaired) electrons. The number of aliphatic hydroxyl groups excluding tert-OH is 1. The minimum Gasteiger partial charge on any atom is -0.495 e. The summed E-state index contributed by atoms with van der Waals surface area (Å²) >= 11 is 0. The van der Waals surface area contributed by atoms with Gasteiger partial charge in [-0.05, 0) is 30.5 Å². The van der Waals surface area contributed by atoms with E-state index < -0.39 is 6.10 Å². The maximum absolute atomic E-state index is 12.5. The van der Waals surface area contributed by atoms with Crippen molar-refractivity contribution in [2.24, 2.45) is 0 Å². The average molecular weight is 340 g/mol. The van der Waals surface area contributed by atoms with Crippen LogP contribution in [0, 0.1) is 0 Å². The van der Waals surface area contributed by atoms with E-state index >= 15 is 0 Å². The van der Waals surface area contributed by atoms with Crippen LogP contribution in [0.3, 0.4) is 0 Å². The van der Waals surface area contributed by atoms with Gasteiger partial charge >= 0.3 is 0 Å². The minimum atomic E-state index is -1.08. The van der Waals surface area contributed by atoms with Crippen LogP contribution in [-0.4, -0.2) is 42.2 Å². The molecule has 0 aromatic heterocycles. The first-order chi connectivity index (χ1) is 12.2. The molecule has 2 aromatic carbocycles. The summed E-state index contributed by atoms with van der Waals surface area (Å²) in [6.45, 7) is 1.27. The number of carbonyl (C=O) groups is 1. The van der Waals surface area contributed by atoms with Gasteiger partial charge in [-0.1, -0.05) is 42.5 Å². The zero-order chi connectivity index (χ0) is 17.6. The van der Waals surface area contributed by atoms with Crippen LogP contribution in [-0.2, 0) is 4.79 Å². The predicted molar refractivity (Wildman–Crippen MR) is 97.6 cm³/mol. The van der Waals surface area contributed by atoms with Gasteiger partial charge in [0.2, 0.25) is 0 Å². The zero-order valence-corrected chi connectivity index (χ0v) is 14.4. The van der Waals surface area contributed by atoms with Crippen molar-refractivity contribution in [3.63, 3.8) is 0 Å². The molecule has 0 bridgehead atoms. The third-order valence-electron chi connectivity index (χ3n) is 4.62. The van der Waals surface area contributed by atoms with Crippen LogP contribution in [0.2, 0.25) is 0 Å². The molecule has 1 saturated heterocycles. The quantitative estimate of drug-likeness (QED) is 0.879. The summed E-state index contributed by atoms with van der Waals surface area (Å²) < 4.78 is 5.37. The maximum atomic E-state index is 12.5. The summed E-state index contributed by atoms with van der Waals surface area (Å²) in [4.78, 5) is 14.2. The van der Waals surface area contributed by atoms with Gasteiger partial charge in [0.05, 0.1) is 12.8 Å². The molecule has 5 heteroatoms. The van der Waals surface area contributed by atoms with E-state index in [0.29, 0.717) is 18.7 Å². The van der Waals surface area contributed by atoms with E-state index in [-0.39, 0.29) is 11.9 Å². The van der Waals surface area contributed by atoms with Crippen molar-refractivity contribution >= 4 is 11.6 Å². The Morgan fingerprint density at radius 2 is 1.76 bits per heavy atom. The fraction of sp³-hybridized carbons (Fsp3) is 0.350. The highest BCUT2D eigenvalue weighted by molar-refractivity contribution is 5.82. The van der Waals surface area contributed by atoms with E-state index in [2.05, 4.69) is 5.32 Å². The van der Waals surface area contributed by atoms with Crippen molar-refractivity contribution in [2.75, 3.05) is 25.5 Å². The van der Waals surface area contributed by atoms with Crippen LogP contribution < -0.4 is 10.1 Å². The second kappa shape index (κ2) is 8.03. The fourth-order valence-corrected chi connectivity index (χ4v) is 3.18. The SMILES string of the molecule is COc1ccccc1NC1CCN(C(=O)C(O)c2ccccc2)CC1. The largest absolute Gasteiger partial charge is 0.495 e. The lowest BCUT2D eigenvalue weighted by Gasteiger charge is -2.34. The molecular weight excluding hydrogens is 316 g/mol. The maximum Gasteiger partial charge on any atom is 0.256 e. The lowest BCUT2D eigenvalue weighted by Crippen LogP contribution is -2.44. The minimum absolute atomic E-state index is 0.220. The number of benzene rings is 2. The molecule has 0 aliphatic carbocycles. The number of piperidine rings is 1. The van der Waals surface area contributed by atoms with Gasteiger partial charge in [0.15, 0.2) is 6.10 Å². The third kappa shape index (κ3) is 4.12. The summed E-state index contributed by atoms with van der Waals surface area (Å²) in [5.74, 6) is 0.599. The van der Waals surface area contributed by atoms with Gasteiger partial charge in [0, 0.05) is 19.1 Å². The van der Waals surface area contributed by atoms with Gasteiger partial charge in [-0.15, -0.1) is 0 Å². The Kier molecular flexibility index (Phi) is 5.56. The van der Waals surface area contributed by atoms with Crippen LogP contribution >= 0.6 is 0 Å². The summed E-state index contributed by atoms with van der Waals surface area (Å²) in [5.41, 5.74) is 1.61. The molecule has 2 N–H and O–H groups in total. The first kappa shape index (κ1) is 17.3. The molecular formula is C20H24N2O3. The fourth-order valence-electron chi connectivity index (χ4n) is 3.18. The van der Waals surface area contributed by atoms with Crippen molar-refractivity contribution in [3.8, 4) is 5.75 Å². The number of methoxy groups -OCH3 is 1.